The Kier molecular flexibility index (Phi) is 6.01. The zero-order valence-corrected chi connectivity index (χ0v) is 16.5. The highest BCUT2D eigenvalue weighted by molar-refractivity contribution is 6.05. The molecule has 2 heterocycles. The first-order valence-electron chi connectivity index (χ1n) is 9.57. The molecule has 0 atom stereocenters. The predicted octanol–water partition coefficient (Wildman–Crippen LogP) is 2.73. The van der Waals surface area contributed by atoms with Crippen LogP contribution in [-0.4, -0.2) is 22.0 Å². The van der Waals surface area contributed by atoms with Gasteiger partial charge < -0.3 is 15.1 Å². The number of anilines is 2. The molecule has 1 aromatic carbocycles. The van der Waals surface area contributed by atoms with Crippen LogP contribution in [0, 0.1) is 0 Å². The lowest BCUT2D eigenvalue weighted by Gasteiger charge is -2.21. The van der Waals surface area contributed by atoms with Crippen LogP contribution in [0.2, 0.25) is 0 Å². The van der Waals surface area contributed by atoms with E-state index in [2.05, 4.69) is 4.98 Å². The summed E-state index contributed by atoms with van der Waals surface area (Å²) < 4.78 is 6.96. The van der Waals surface area contributed by atoms with Crippen LogP contribution in [0.3, 0.4) is 0 Å². The predicted molar refractivity (Wildman–Crippen MR) is 114 cm³/mol. The maximum Gasteiger partial charge on any atom is 0.330 e. The van der Waals surface area contributed by atoms with E-state index in [0.717, 1.165) is 23.8 Å². The minimum atomic E-state index is -0.687. The van der Waals surface area contributed by atoms with Crippen molar-refractivity contribution in [2.45, 2.75) is 33.2 Å². The fourth-order valence-electron chi connectivity index (χ4n) is 3.13. The summed E-state index contributed by atoms with van der Waals surface area (Å²) in [5.74, 6) is 0.0655. The molecule has 0 aliphatic heterocycles. The van der Waals surface area contributed by atoms with E-state index in [1.165, 1.54) is 15.5 Å². The minimum Gasteiger partial charge on any atom is -0.457 e. The van der Waals surface area contributed by atoms with Crippen LogP contribution in [0.25, 0.3) is 17.0 Å². The highest BCUT2D eigenvalue weighted by Gasteiger charge is 2.21. The van der Waals surface area contributed by atoms with Crippen molar-refractivity contribution in [2.75, 3.05) is 17.2 Å². The zero-order chi connectivity index (χ0) is 21.0. The molecule has 0 fully saturated rings. The van der Waals surface area contributed by atoms with E-state index < -0.39 is 17.2 Å². The summed E-state index contributed by atoms with van der Waals surface area (Å²) in [4.78, 5) is 40.8. The lowest BCUT2D eigenvalue weighted by atomic mass is 10.2. The molecule has 0 aliphatic rings. The molecule has 0 saturated carbocycles. The number of nitrogens with two attached hydrogens (primary N) is 1. The minimum absolute atomic E-state index is 0.0143. The molecule has 0 bridgehead atoms. The van der Waals surface area contributed by atoms with Gasteiger partial charge in [-0.2, -0.15) is 0 Å². The molecule has 0 saturated heterocycles. The number of nitrogens with one attached hydrogen (secondary N) is 1. The number of hydrogen-bond donors (Lipinski definition) is 2. The van der Waals surface area contributed by atoms with Gasteiger partial charge in [-0.3, -0.25) is 19.1 Å². The van der Waals surface area contributed by atoms with Crippen molar-refractivity contribution in [3.63, 3.8) is 0 Å². The Morgan fingerprint density at radius 3 is 2.72 bits per heavy atom. The van der Waals surface area contributed by atoms with Gasteiger partial charge in [0, 0.05) is 24.6 Å². The van der Waals surface area contributed by atoms with Crippen LogP contribution in [-0.2, 0) is 11.3 Å². The second-order valence-electron chi connectivity index (χ2n) is 6.60. The number of furan rings is 1. The number of benzene rings is 1. The molecule has 3 aromatic rings. The zero-order valence-electron chi connectivity index (χ0n) is 16.5. The number of H-pyrrole nitrogens is 1. The number of amides is 1. The maximum absolute atomic E-state index is 12.8. The van der Waals surface area contributed by atoms with Crippen molar-refractivity contribution >= 4 is 34.5 Å². The number of likely N-dealkylation sites (N-methyl/N-ethyl adjacent to an activating group) is 1. The summed E-state index contributed by atoms with van der Waals surface area (Å²) in [5.41, 5.74) is 5.53. The summed E-state index contributed by atoms with van der Waals surface area (Å²) in [7, 11) is 0. The second kappa shape index (κ2) is 8.64. The molecular formula is C21H24N4O4. The van der Waals surface area contributed by atoms with Gasteiger partial charge in [0.1, 0.15) is 17.2 Å². The maximum atomic E-state index is 12.8. The molecule has 1 amide bonds. The number of fused-ring (bicyclic) bond motifs is 1. The van der Waals surface area contributed by atoms with Gasteiger partial charge in [0.2, 0.25) is 0 Å². The van der Waals surface area contributed by atoms with E-state index in [4.69, 9.17) is 10.2 Å². The summed E-state index contributed by atoms with van der Waals surface area (Å²) in [6.45, 7) is 4.29. The number of aromatic amines is 1. The normalized spacial score (nSPS) is 11.4. The van der Waals surface area contributed by atoms with Gasteiger partial charge in [0.05, 0.1) is 0 Å². The molecule has 2 aromatic heterocycles. The van der Waals surface area contributed by atoms with Crippen LogP contribution in [0.4, 0.5) is 11.5 Å². The highest BCUT2D eigenvalue weighted by atomic mass is 16.3. The quantitative estimate of drug-likeness (QED) is 0.596. The largest absolute Gasteiger partial charge is 0.457 e. The number of hydrogen-bond acceptors (Lipinski definition) is 5. The molecule has 3 rings (SSSR count). The number of aromatic nitrogens is 2. The number of nitrogen functional groups attached to an aromatic ring is 1. The highest BCUT2D eigenvalue weighted by Crippen LogP contribution is 2.21. The van der Waals surface area contributed by atoms with Gasteiger partial charge in [-0.05, 0) is 31.6 Å². The molecule has 0 aliphatic carbocycles. The van der Waals surface area contributed by atoms with Crippen molar-refractivity contribution in [2.24, 2.45) is 0 Å². The van der Waals surface area contributed by atoms with Gasteiger partial charge in [0.25, 0.3) is 11.5 Å². The first-order valence-corrected chi connectivity index (χ1v) is 9.57. The summed E-state index contributed by atoms with van der Waals surface area (Å²) in [5, 5.41) is 0.927. The van der Waals surface area contributed by atoms with Crippen LogP contribution in [0.1, 0.15) is 32.4 Å². The first-order chi connectivity index (χ1) is 14.0. The van der Waals surface area contributed by atoms with Crippen molar-refractivity contribution < 1.29 is 9.21 Å². The second-order valence-corrected chi connectivity index (χ2v) is 6.60. The van der Waals surface area contributed by atoms with Crippen LogP contribution in [0.15, 0.2) is 50.4 Å². The molecule has 0 radical (unpaired) electrons. The van der Waals surface area contributed by atoms with Crippen molar-refractivity contribution in [1.82, 2.24) is 9.55 Å². The van der Waals surface area contributed by atoms with Gasteiger partial charge in [-0.25, -0.2) is 4.79 Å². The third-order valence-electron chi connectivity index (χ3n) is 4.64. The molecule has 3 N–H and O–H groups in total. The Hall–Kier alpha value is -3.55. The Morgan fingerprint density at radius 1 is 1.28 bits per heavy atom. The number of unbranched alkanes of at least 4 members (excludes halogenated alkanes) is 1. The van der Waals surface area contributed by atoms with Gasteiger partial charge in [-0.1, -0.05) is 31.5 Å². The van der Waals surface area contributed by atoms with E-state index in [-0.39, 0.29) is 18.1 Å². The first kappa shape index (κ1) is 20.2. The number of carbonyl (C=O) groups excluding carboxylic acids is 1. The lowest BCUT2D eigenvalue weighted by Crippen LogP contribution is -2.40. The Labute approximate surface area is 167 Å². The fraction of sp³-hybridized carbons (Fsp3) is 0.286. The SMILES string of the molecule is CCCCn1c(N)c(N(CC)C(=O)/C=C/c2cc3ccccc3o2)c(=O)[nH]c1=O. The molecule has 152 valence electrons. The summed E-state index contributed by atoms with van der Waals surface area (Å²) in [6, 6.07) is 9.34. The van der Waals surface area contributed by atoms with Crippen LogP contribution >= 0.6 is 0 Å². The van der Waals surface area contributed by atoms with Crippen LogP contribution < -0.4 is 21.9 Å². The third-order valence-corrected chi connectivity index (χ3v) is 4.64. The number of carbonyl (C=O) groups is 1. The summed E-state index contributed by atoms with van der Waals surface area (Å²) in [6.07, 6.45) is 4.45. The Bertz CT molecular complexity index is 1140. The van der Waals surface area contributed by atoms with E-state index in [1.54, 1.807) is 13.0 Å². The van der Waals surface area contributed by atoms with E-state index in [9.17, 15) is 14.4 Å². The number of rotatable bonds is 7. The smallest absolute Gasteiger partial charge is 0.330 e. The molecular weight excluding hydrogens is 372 g/mol. The fourth-order valence-corrected chi connectivity index (χ4v) is 3.13. The molecule has 8 nitrogen and oxygen atoms in total. The van der Waals surface area contributed by atoms with Crippen molar-refractivity contribution in [1.29, 1.82) is 0 Å². The van der Waals surface area contributed by atoms with Gasteiger partial charge in [0.15, 0.2) is 5.69 Å². The third kappa shape index (κ3) is 4.16. The molecule has 0 spiro atoms. The number of nitrogens with zero attached hydrogens (tertiary/aromatic N) is 2. The average molecular weight is 396 g/mol. The van der Waals surface area contributed by atoms with E-state index in [1.807, 2.05) is 37.3 Å². The molecule has 0 unspecified atom stereocenters. The molecule has 29 heavy (non-hydrogen) atoms. The van der Waals surface area contributed by atoms with Crippen molar-refractivity contribution in [3.8, 4) is 0 Å². The van der Waals surface area contributed by atoms with E-state index in [0.29, 0.717) is 12.3 Å². The topological polar surface area (TPSA) is 114 Å². The molecule has 8 heteroatoms. The van der Waals surface area contributed by atoms with Crippen LogP contribution in [0.5, 0.6) is 0 Å². The standard InChI is InChI=1S/C21H24N4O4/c1-3-5-12-25-19(22)18(20(27)23-21(25)28)24(4-2)17(26)11-10-15-13-14-8-6-7-9-16(14)29-15/h6-11,13H,3-5,12,22H2,1-2H3,(H,23,27,28)/b11-10+. The van der Waals surface area contributed by atoms with Gasteiger partial charge >= 0.3 is 5.69 Å². The number of para-hydroxylation sites is 1. The Balaban J connectivity index is 1.93. The van der Waals surface area contributed by atoms with Crippen molar-refractivity contribution in [3.05, 3.63) is 63.0 Å². The van der Waals surface area contributed by atoms with E-state index >= 15 is 0 Å². The average Bonchev–Trinajstić information content (AvgIpc) is 3.12. The Morgan fingerprint density at radius 2 is 2.03 bits per heavy atom. The van der Waals surface area contributed by atoms with Gasteiger partial charge in [-0.15, -0.1) is 0 Å². The summed E-state index contributed by atoms with van der Waals surface area (Å²) >= 11 is 0. The lowest BCUT2D eigenvalue weighted by molar-refractivity contribution is -0.114. The monoisotopic (exact) mass is 396 g/mol.